The van der Waals surface area contributed by atoms with Gasteiger partial charge in [0.05, 0.1) is 17.6 Å². The molecule has 0 saturated heterocycles. The average Bonchev–Trinajstić information content (AvgIpc) is 2.88. The van der Waals surface area contributed by atoms with Crippen LogP contribution in [0.2, 0.25) is 0 Å². The van der Waals surface area contributed by atoms with Gasteiger partial charge >= 0.3 is 0 Å². The molecule has 0 aromatic heterocycles. The van der Waals surface area contributed by atoms with E-state index in [1.165, 1.54) is 0 Å². The molecule has 5 rings (SSSR count). The predicted octanol–water partition coefficient (Wildman–Crippen LogP) is 8.35. The Morgan fingerprint density at radius 2 is 1.75 bits per heavy atom. The maximum Gasteiger partial charge on any atom is 0.162 e. The monoisotopic (exact) mass is 659 g/mol. The molecule has 1 unspecified atom stereocenters. The number of benzene rings is 3. The van der Waals surface area contributed by atoms with Crippen molar-refractivity contribution < 1.29 is 9.53 Å². The van der Waals surface area contributed by atoms with E-state index >= 15 is 0 Å². The normalized spacial score (nSPS) is 18.5. The Morgan fingerprint density at radius 3 is 2.42 bits per heavy atom. The van der Waals surface area contributed by atoms with Crippen molar-refractivity contribution in [3.05, 3.63) is 115 Å². The molecule has 0 fully saturated rings. The zero-order valence-corrected chi connectivity index (χ0v) is 26.2. The highest BCUT2D eigenvalue weighted by molar-refractivity contribution is 9.10. The van der Waals surface area contributed by atoms with Gasteiger partial charge in [0.15, 0.2) is 5.78 Å². The number of nitrogens with zero attached hydrogens (tertiary/aromatic N) is 2. The summed E-state index contributed by atoms with van der Waals surface area (Å²) in [5, 5.41) is 10.5. The molecule has 0 radical (unpaired) electrons. The van der Waals surface area contributed by atoms with Crippen LogP contribution >= 0.6 is 31.9 Å². The number of aryl methyl sites for hydroxylation is 2. The van der Waals surface area contributed by atoms with Crippen LogP contribution in [-0.4, -0.2) is 5.78 Å². The molecule has 0 spiro atoms. The number of hydrogen-bond donors (Lipinski definition) is 1. The summed E-state index contributed by atoms with van der Waals surface area (Å²) >= 11 is 7.03. The van der Waals surface area contributed by atoms with Gasteiger partial charge in [0.2, 0.25) is 0 Å². The minimum Gasteiger partial charge on any atom is -0.489 e. The fourth-order valence-electron chi connectivity index (χ4n) is 5.80. The number of carbonyl (C=O) groups is 1. The predicted molar refractivity (Wildman–Crippen MR) is 166 cm³/mol. The molecule has 0 amide bonds. The summed E-state index contributed by atoms with van der Waals surface area (Å²) in [5.74, 6) is 0.647. The average molecular weight is 661 g/mol. The van der Waals surface area contributed by atoms with Crippen molar-refractivity contribution >= 4 is 43.3 Å². The molecule has 1 aliphatic carbocycles. The van der Waals surface area contributed by atoms with Gasteiger partial charge in [-0.3, -0.25) is 9.69 Å². The Labute approximate surface area is 252 Å². The summed E-state index contributed by atoms with van der Waals surface area (Å²) in [4.78, 5) is 15.9. The summed E-state index contributed by atoms with van der Waals surface area (Å²) < 4.78 is 7.99. The molecule has 40 heavy (non-hydrogen) atoms. The zero-order valence-electron chi connectivity index (χ0n) is 23.0. The first-order valence-electron chi connectivity index (χ1n) is 13.2. The van der Waals surface area contributed by atoms with E-state index < -0.39 is 5.92 Å². The van der Waals surface area contributed by atoms with Crippen LogP contribution in [0.4, 0.5) is 5.69 Å². The number of hydrogen-bond acceptors (Lipinski definition) is 5. The lowest BCUT2D eigenvalue weighted by Gasteiger charge is -2.44. The van der Waals surface area contributed by atoms with Crippen molar-refractivity contribution in [1.82, 2.24) is 0 Å². The van der Waals surface area contributed by atoms with Crippen LogP contribution in [0.3, 0.4) is 0 Å². The number of halogens is 2. The van der Waals surface area contributed by atoms with Crippen molar-refractivity contribution in [3.63, 3.8) is 0 Å². The van der Waals surface area contributed by atoms with Gasteiger partial charge in [-0.15, -0.1) is 0 Å². The quantitative estimate of drug-likeness (QED) is 0.298. The number of rotatable bonds is 5. The van der Waals surface area contributed by atoms with Crippen molar-refractivity contribution in [3.8, 4) is 11.8 Å². The molecule has 204 valence electrons. The standard InChI is InChI=1S/C33H31Br2N3O2/c1-19-12-20(2)26(13-21(19)18-40-25-10-8-22(34)9-11-25)30-27(17-36)32(37)38(24-7-5-6-23(35)14-24)28-15-33(3,4)16-29(39)31(28)30/h5-14,30H,15-16,18,37H2,1-4H3. The van der Waals surface area contributed by atoms with Crippen molar-refractivity contribution in [1.29, 1.82) is 5.26 Å². The van der Waals surface area contributed by atoms with Gasteiger partial charge in [0.1, 0.15) is 18.2 Å². The molecule has 1 heterocycles. The fraction of sp³-hybridized carbons (Fsp3) is 0.273. The maximum atomic E-state index is 13.9. The summed E-state index contributed by atoms with van der Waals surface area (Å²) in [5.41, 5.74) is 13.4. The Kier molecular flexibility index (Phi) is 7.69. The van der Waals surface area contributed by atoms with Crippen LogP contribution < -0.4 is 15.4 Å². The second kappa shape index (κ2) is 10.9. The molecule has 1 aliphatic heterocycles. The SMILES string of the molecule is Cc1cc(C)c(C2C(C#N)=C(N)N(c3cccc(Br)c3)C3=C2C(=O)CC(C)(C)C3)cc1COc1ccc(Br)cc1. The first kappa shape index (κ1) is 28.2. The second-order valence-corrected chi connectivity index (χ2v) is 13.2. The Hall–Kier alpha value is -3.34. The van der Waals surface area contributed by atoms with E-state index in [9.17, 15) is 10.1 Å². The number of allylic oxidation sites excluding steroid dienone is 3. The third kappa shape index (κ3) is 5.35. The molecule has 0 saturated carbocycles. The minimum absolute atomic E-state index is 0.0594. The number of Topliss-reactive ketones (excluding diaryl/α,β-unsaturated/α-hetero) is 1. The molecule has 2 N–H and O–H groups in total. The van der Waals surface area contributed by atoms with E-state index in [1.54, 1.807) is 0 Å². The van der Waals surface area contributed by atoms with Gasteiger partial charge in [-0.1, -0.05) is 63.9 Å². The number of ketones is 1. The number of carbonyl (C=O) groups excluding carboxylic acids is 1. The highest BCUT2D eigenvalue weighted by Crippen LogP contribution is 2.51. The van der Waals surface area contributed by atoms with E-state index in [1.807, 2.05) is 60.4 Å². The highest BCUT2D eigenvalue weighted by atomic mass is 79.9. The van der Waals surface area contributed by atoms with Gasteiger partial charge < -0.3 is 10.5 Å². The molecule has 0 bridgehead atoms. The fourth-order valence-corrected chi connectivity index (χ4v) is 6.46. The second-order valence-electron chi connectivity index (χ2n) is 11.3. The van der Waals surface area contributed by atoms with Gasteiger partial charge in [0.25, 0.3) is 0 Å². The van der Waals surface area contributed by atoms with E-state index in [2.05, 4.69) is 70.8 Å². The molecule has 7 heteroatoms. The summed E-state index contributed by atoms with van der Waals surface area (Å²) in [7, 11) is 0. The molecule has 5 nitrogen and oxygen atoms in total. The lowest BCUT2D eigenvalue weighted by atomic mass is 9.68. The lowest BCUT2D eigenvalue weighted by molar-refractivity contribution is -0.118. The molecule has 1 atom stereocenters. The number of ether oxygens (including phenoxy) is 1. The van der Waals surface area contributed by atoms with Crippen LogP contribution in [-0.2, 0) is 11.4 Å². The maximum absolute atomic E-state index is 13.9. The third-order valence-electron chi connectivity index (χ3n) is 7.69. The third-order valence-corrected chi connectivity index (χ3v) is 8.71. The van der Waals surface area contributed by atoms with Gasteiger partial charge in [-0.05, 0) is 90.4 Å². The number of nitrogens with two attached hydrogens (primary N) is 1. The van der Waals surface area contributed by atoms with E-state index in [0.29, 0.717) is 36.4 Å². The topological polar surface area (TPSA) is 79.4 Å². The molecule has 3 aromatic rings. The van der Waals surface area contributed by atoms with E-state index in [4.69, 9.17) is 10.5 Å². The van der Waals surface area contributed by atoms with Crippen molar-refractivity contribution in [2.75, 3.05) is 4.90 Å². The van der Waals surface area contributed by atoms with Crippen LogP contribution in [0.15, 0.2) is 92.3 Å². The lowest BCUT2D eigenvalue weighted by Crippen LogP contribution is -2.42. The van der Waals surface area contributed by atoms with E-state index in [-0.39, 0.29) is 11.2 Å². The first-order valence-corrected chi connectivity index (χ1v) is 14.8. The molecular weight excluding hydrogens is 630 g/mol. The summed E-state index contributed by atoms with van der Waals surface area (Å²) in [6.07, 6.45) is 1.08. The van der Waals surface area contributed by atoms with E-state index in [0.717, 1.165) is 48.3 Å². The van der Waals surface area contributed by atoms with Crippen LogP contribution in [0.5, 0.6) is 5.75 Å². The van der Waals surface area contributed by atoms with Crippen molar-refractivity contribution in [2.24, 2.45) is 11.1 Å². The first-order chi connectivity index (χ1) is 19.0. The van der Waals surface area contributed by atoms with Crippen molar-refractivity contribution in [2.45, 2.75) is 53.1 Å². The summed E-state index contributed by atoms with van der Waals surface area (Å²) in [6, 6.07) is 22.1. The van der Waals surface area contributed by atoms with Gasteiger partial charge in [-0.25, -0.2) is 0 Å². The van der Waals surface area contributed by atoms with Crippen LogP contribution in [0, 0.1) is 30.6 Å². The summed E-state index contributed by atoms with van der Waals surface area (Å²) in [6.45, 7) is 8.67. The smallest absolute Gasteiger partial charge is 0.162 e. The zero-order chi connectivity index (χ0) is 28.8. The van der Waals surface area contributed by atoms with Gasteiger partial charge in [0, 0.05) is 32.3 Å². The minimum atomic E-state index is -0.543. The largest absolute Gasteiger partial charge is 0.489 e. The Balaban J connectivity index is 1.66. The molecule has 2 aliphatic rings. The molecular formula is C33H31Br2N3O2. The number of anilines is 1. The van der Waals surface area contributed by atoms with Gasteiger partial charge in [-0.2, -0.15) is 5.26 Å². The molecule has 3 aromatic carbocycles. The van der Waals surface area contributed by atoms with Crippen LogP contribution in [0.25, 0.3) is 0 Å². The Morgan fingerprint density at radius 1 is 1.02 bits per heavy atom. The Bertz CT molecular complexity index is 1610. The highest BCUT2D eigenvalue weighted by Gasteiger charge is 2.45. The number of nitriles is 1. The van der Waals surface area contributed by atoms with Crippen LogP contribution in [0.1, 0.15) is 54.9 Å².